The first kappa shape index (κ1) is 15.9. The first-order chi connectivity index (χ1) is 12.0. The molecule has 6 nitrogen and oxygen atoms in total. The van der Waals surface area contributed by atoms with Crippen LogP contribution in [0.1, 0.15) is 34.5 Å². The summed E-state index contributed by atoms with van der Waals surface area (Å²) in [6, 6.07) is 7.26. The van der Waals surface area contributed by atoms with Gasteiger partial charge in [0.25, 0.3) is 5.91 Å². The molecule has 1 unspecified atom stereocenters. The molecule has 128 valence electrons. The normalized spacial score (nSPS) is 16.4. The van der Waals surface area contributed by atoms with E-state index in [1.165, 1.54) is 0 Å². The van der Waals surface area contributed by atoms with Gasteiger partial charge in [-0.2, -0.15) is 0 Å². The molecule has 0 bridgehead atoms. The molecule has 1 aliphatic heterocycles. The van der Waals surface area contributed by atoms with Gasteiger partial charge in [0.2, 0.25) is 0 Å². The van der Waals surface area contributed by atoms with Gasteiger partial charge >= 0.3 is 0 Å². The van der Waals surface area contributed by atoms with Crippen molar-refractivity contribution in [2.24, 2.45) is 7.05 Å². The van der Waals surface area contributed by atoms with Gasteiger partial charge in [-0.3, -0.25) is 4.79 Å². The SMILES string of the molecule is Cc1ncc2c(n1)C(NC(=O)c1cc3ccc(Cl)cc3n1C)CCO2. The molecule has 0 saturated carbocycles. The summed E-state index contributed by atoms with van der Waals surface area (Å²) in [4.78, 5) is 21.4. The molecule has 0 radical (unpaired) electrons. The van der Waals surface area contributed by atoms with E-state index in [1.54, 1.807) is 6.20 Å². The first-order valence-electron chi connectivity index (χ1n) is 8.05. The molecule has 2 aromatic heterocycles. The first-order valence-corrected chi connectivity index (χ1v) is 8.43. The number of ether oxygens (including phenoxy) is 1. The van der Waals surface area contributed by atoms with E-state index in [2.05, 4.69) is 15.3 Å². The van der Waals surface area contributed by atoms with Crippen molar-refractivity contribution in [2.45, 2.75) is 19.4 Å². The summed E-state index contributed by atoms with van der Waals surface area (Å²) in [5.41, 5.74) is 2.23. The Morgan fingerprint density at radius 3 is 3.08 bits per heavy atom. The van der Waals surface area contributed by atoms with Crippen LogP contribution in [0.4, 0.5) is 0 Å². The van der Waals surface area contributed by atoms with Gasteiger partial charge in [0.1, 0.15) is 17.2 Å². The van der Waals surface area contributed by atoms with Gasteiger partial charge < -0.3 is 14.6 Å². The third-order valence-corrected chi connectivity index (χ3v) is 4.68. The van der Waals surface area contributed by atoms with Gasteiger partial charge in [-0.05, 0) is 25.1 Å². The summed E-state index contributed by atoms with van der Waals surface area (Å²) in [7, 11) is 1.86. The van der Waals surface area contributed by atoms with Crippen LogP contribution in [-0.2, 0) is 7.05 Å². The van der Waals surface area contributed by atoms with Crippen molar-refractivity contribution >= 4 is 28.4 Å². The Kier molecular flexibility index (Phi) is 3.84. The van der Waals surface area contributed by atoms with E-state index in [9.17, 15) is 4.79 Å². The van der Waals surface area contributed by atoms with Crippen LogP contribution in [-0.4, -0.2) is 27.0 Å². The smallest absolute Gasteiger partial charge is 0.268 e. The number of carbonyl (C=O) groups is 1. The molecular weight excluding hydrogens is 340 g/mol. The molecule has 1 atom stereocenters. The van der Waals surface area contributed by atoms with E-state index in [-0.39, 0.29) is 11.9 Å². The number of rotatable bonds is 2. The predicted octanol–water partition coefficient (Wildman–Crippen LogP) is 3.18. The number of aryl methyl sites for hydroxylation is 2. The molecule has 0 aliphatic carbocycles. The molecule has 0 spiro atoms. The lowest BCUT2D eigenvalue weighted by atomic mass is 10.1. The zero-order chi connectivity index (χ0) is 17.6. The highest BCUT2D eigenvalue weighted by atomic mass is 35.5. The Hall–Kier alpha value is -2.60. The number of hydrogen-bond donors (Lipinski definition) is 1. The third-order valence-electron chi connectivity index (χ3n) is 4.44. The number of hydrogen-bond acceptors (Lipinski definition) is 4. The predicted molar refractivity (Wildman–Crippen MR) is 95.0 cm³/mol. The molecule has 0 fully saturated rings. The molecule has 1 aromatic carbocycles. The van der Waals surface area contributed by atoms with Crippen molar-refractivity contribution in [3.63, 3.8) is 0 Å². The number of amides is 1. The molecule has 4 rings (SSSR count). The van der Waals surface area contributed by atoms with Gasteiger partial charge in [-0.1, -0.05) is 17.7 Å². The van der Waals surface area contributed by atoms with Crippen LogP contribution in [0.2, 0.25) is 5.02 Å². The average molecular weight is 357 g/mol. The van der Waals surface area contributed by atoms with Crippen LogP contribution < -0.4 is 10.1 Å². The number of fused-ring (bicyclic) bond motifs is 2. The highest BCUT2D eigenvalue weighted by molar-refractivity contribution is 6.31. The number of benzene rings is 1. The molecule has 1 N–H and O–H groups in total. The van der Waals surface area contributed by atoms with Gasteiger partial charge in [-0.15, -0.1) is 0 Å². The van der Waals surface area contributed by atoms with Gasteiger partial charge in [0, 0.05) is 29.4 Å². The van der Waals surface area contributed by atoms with E-state index in [4.69, 9.17) is 16.3 Å². The second kappa shape index (κ2) is 6.04. The quantitative estimate of drug-likeness (QED) is 0.765. The zero-order valence-corrected chi connectivity index (χ0v) is 14.7. The Morgan fingerprint density at radius 2 is 2.24 bits per heavy atom. The van der Waals surface area contributed by atoms with Crippen LogP contribution in [0.3, 0.4) is 0 Å². The van der Waals surface area contributed by atoms with Crippen LogP contribution >= 0.6 is 11.6 Å². The fourth-order valence-corrected chi connectivity index (χ4v) is 3.32. The topological polar surface area (TPSA) is 69.0 Å². The fourth-order valence-electron chi connectivity index (χ4n) is 3.15. The number of nitrogens with zero attached hydrogens (tertiary/aromatic N) is 3. The summed E-state index contributed by atoms with van der Waals surface area (Å²) < 4.78 is 7.43. The summed E-state index contributed by atoms with van der Waals surface area (Å²) >= 11 is 6.06. The summed E-state index contributed by atoms with van der Waals surface area (Å²) in [6.45, 7) is 2.34. The second-order valence-electron chi connectivity index (χ2n) is 6.12. The molecule has 3 aromatic rings. The van der Waals surface area contributed by atoms with Crippen LogP contribution in [0.5, 0.6) is 5.75 Å². The van der Waals surface area contributed by atoms with Crippen LogP contribution in [0.15, 0.2) is 30.5 Å². The molecule has 25 heavy (non-hydrogen) atoms. The van der Waals surface area contributed by atoms with Crippen molar-refractivity contribution < 1.29 is 9.53 Å². The Balaban J connectivity index is 1.66. The van der Waals surface area contributed by atoms with E-state index >= 15 is 0 Å². The molecule has 0 saturated heterocycles. The van der Waals surface area contributed by atoms with Gasteiger partial charge in [-0.25, -0.2) is 9.97 Å². The number of nitrogens with one attached hydrogen (secondary N) is 1. The maximum atomic E-state index is 12.8. The fraction of sp³-hybridized carbons (Fsp3) is 0.278. The van der Waals surface area contributed by atoms with Crippen LogP contribution in [0, 0.1) is 6.92 Å². The van der Waals surface area contributed by atoms with E-state index in [0.717, 1.165) is 16.6 Å². The maximum Gasteiger partial charge on any atom is 0.268 e. The number of halogens is 1. The van der Waals surface area contributed by atoms with E-state index < -0.39 is 0 Å². The Labute approximate surface area is 149 Å². The standard InChI is InChI=1S/C18H17ClN4O2/c1-10-20-9-16-17(21-10)13(5-6-25-16)22-18(24)15-7-11-3-4-12(19)8-14(11)23(15)2/h3-4,7-9,13H,5-6H2,1-2H3,(H,22,24). The largest absolute Gasteiger partial charge is 0.490 e. The Bertz CT molecular complexity index is 983. The van der Waals surface area contributed by atoms with Crippen molar-refractivity contribution in [3.8, 4) is 5.75 Å². The zero-order valence-electron chi connectivity index (χ0n) is 13.9. The average Bonchev–Trinajstić information content (AvgIpc) is 2.92. The summed E-state index contributed by atoms with van der Waals surface area (Å²) in [5.74, 6) is 1.14. The van der Waals surface area contributed by atoms with E-state index in [1.807, 2.05) is 42.8 Å². The second-order valence-corrected chi connectivity index (χ2v) is 6.56. The van der Waals surface area contributed by atoms with Crippen molar-refractivity contribution in [3.05, 3.63) is 52.7 Å². The molecular formula is C18H17ClN4O2. The summed E-state index contributed by atoms with van der Waals surface area (Å²) in [5, 5.41) is 4.69. The lowest BCUT2D eigenvalue weighted by Gasteiger charge is -2.25. The lowest BCUT2D eigenvalue weighted by molar-refractivity contribution is 0.0915. The maximum absolute atomic E-state index is 12.8. The minimum atomic E-state index is -0.195. The van der Waals surface area contributed by atoms with Crippen LogP contribution in [0.25, 0.3) is 10.9 Å². The van der Waals surface area contributed by atoms with Crippen molar-refractivity contribution in [1.29, 1.82) is 0 Å². The van der Waals surface area contributed by atoms with Crippen molar-refractivity contribution in [1.82, 2.24) is 19.9 Å². The molecule has 1 amide bonds. The third kappa shape index (κ3) is 2.82. The molecule has 3 heterocycles. The van der Waals surface area contributed by atoms with Crippen molar-refractivity contribution in [2.75, 3.05) is 6.61 Å². The minimum Gasteiger partial charge on any atom is -0.490 e. The molecule has 1 aliphatic rings. The number of carbonyl (C=O) groups excluding carboxylic acids is 1. The monoisotopic (exact) mass is 356 g/mol. The lowest BCUT2D eigenvalue weighted by Crippen LogP contribution is -2.34. The van der Waals surface area contributed by atoms with E-state index in [0.29, 0.717) is 35.3 Å². The number of aromatic nitrogens is 3. The Morgan fingerprint density at radius 1 is 1.40 bits per heavy atom. The summed E-state index contributed by atoms with van der Waals surface area (Å²) in [6.07, 6.45) is 2.33. The van der Waals surface area contributed by atoms with Gasteiger partial charge in [0.05, 0.1) is 18.8 Å². The van der Waals surface area contributed by atoms with Gasteiger partial charge in [0.15, 0.2) is 5.75 Å². The minimum absolute atomic E-state index is 0.149. The highest BCUT2D eigenvalue weighted by Crippen LogP contribution is 2.30. The molecule has 7 heteroatoms. The highest BCUT2D eigenvalue weighted by Gasteiger charge is 2.26.